The highest BCUT2D eigenvalue weighted by Gasteiger charge is 2.07. The van der Waals surface area contributed by atoms with Gasteiger partial charge in [0.15, 0.2) is 11.5 Å². The number of halogens is 2. The van der Waals surface area contributed by atoms with Crippen molar-refractivity contribution in [2.75, 3.05) is 13.7 Å². The van der Waals surface area contributed by atoms with Crippen LogP contribution in [0.4, 0.5) is 4.39 Å². The summed E-state index contributed by atoms with van der Waals surface area (Å²) in [4.78, 5) is 3.32. The monoisotopic (exact) mass is 439 g/mol. The third kappa shape index (κ3) is 5.78. The first-order valence-corrected chi connectivity index (χ1v) is 10.0. The van der Waals surface area contributed by atoms with Crippen LogP contribution in [0.15, 0.2) is 72.9 Å². The molecule has 6 heteroatoms. The quantitative estimate of drug-likeness (QED) is 0.393. The summed E-state index contributed by atoms with van der Waals surface area (Å²) in [5.74, 6) is 1.11. The molecule has 4 aromatic rings. The van der Waals surface area contributed by atoms with Crippen LogP contribution in [0.25, 0.3) is 10.9 Å². The zero-order chi connectivity index (χ0) is 20.8. The molecular weight excluding hydrogens is 415 g/mol. The number of hydrogen-bond acceptors (Lipinski definition) is 3. The van der Waals surface area contributed by atoms with Crippen LogP contribution in [0.3, 0.4) is 0 Å². The summed E-state index contributed by atoms with van der Waals surface area (Å²) >= 11 is 0. The Morgan fingerprint density at radius 1 is 0.935 bits per heavy atom. The summed E-state index contributed by atoms with van der Waals surface area (Å²) in [6.45, 7) is 1.99. The van der Waals surface area contributed by atoms with Crippen LogP contribution in [-0.4, -0.2) is 18.6 Å². The second kappa shape index (κ2) is 10.8. The number of hydrogen-bond donors (Lipinski definition) is 2. The topological polar surface area (TPSA) is 46.3 Å². The Morgan fingerprint density at radius 3 is 2.52 bits per heavy atom. The van der Waals surface area contributed by atoms with E-state index in [2.05, 4.69) is 34.7 Å². The number of aromatic amines is 1. The van der Waals surface area contributed by atoms with Gasteiger partial charge in [-0.25, -0.2) is 4.39 Å². The first-order chi connectivity index (χ1) is 14.7. The molecule has 0 aliphatic carbocycles. The normalized spacial score (nSPS) is 10.6. The highest BCUT2D eigenvalue weighted by Crippen LogP contribution is 2.29. The van der Waals surface area contributed by atoms with Crippen molar-refractivity contribution < 1.29 is 26.3 Å². The van der Waals surface area contributed by atoms with Crippen LogP contribution in [0.2, 0.25) is 0 Å². The van der Waals surface area contributed by atoms with E-state index in [4.69, 9.17) is 9.47 Å². The molecule has 0 saturated heterocycles. The number of rotatable bonds is 9. The van der Waals surface area contributed by atoms with Gasteiger partial charge >= 0.3 is 0 Å². The number of ether oxygens (including phenoxy) is 2. The lowest BCUT2D eigenvalue weighted by atomic mass is 10.1. The van der Waals surface area contributed by atoms with Gasteiger partial charge in [-0.1, -0.05) is 36.4 Å². The average Bonchev–Trinajstić information content (AvgIpc) is 3.20. The fourth-order valence-corrected chi connectivity index (χ4v) is 3.48. The van der Waals surface area contributed by atoms with Crippen molar-refractivity contribution in [2.24, 2.45) is 0 Å². The molecule has 0 radical (unpaired) electrons. The van der Waals surface area contributed by atoms with Gasteiger partial charge in [0.2, 0.25) is 0 Å². The summed E-state index contributed by atoms with van der Waals surface area (Å²) in [6.07, 6.45) is 3.04. The van der Waals surface area contributed by atoms with Gasteiger partial charge in [0.05, 0.1) is 7.11 Å². The van der Waals surface area contributed by atoms with Crippen LogP contribution < -0.4 is 27.2 Å². The maximum atomic E-state index is 13.0. The first kappa shape index (κ1) is 22.7. The van der Waals surface area contributed by atoms with E-state index in [1.807, 2.05) is 24.3 Å². The van der Waals surface area contributed by atoms with Gasteiger partial charge in [0, 0.05) is 23.6 Å². The fourth-order valence-electron chi connectivity index (χ4n) is 3.48. The molecule has 1 aromatic heterocycles. The minimum atomic E-state index is -0.252. The van der Waals surface area contributed by atoms with Crippen molar-refractivity contribution in [3.8, 4) is 11.5 Å². The average molecular weight is 440 g/mol. The van der Waals surface area contributed by atoms with Crippen molar-refractivity contribution in [1.82, 2.24) is 10.3 Å². The molecule has 4 nitrogen and oxygen atoms in total. The van der Waals surface area contributed by atoms with E-state index >= 15 is 0 Å². The predicted octanol–water partition coefficient (Wildman–Crippen LogP) is 2.23. The fraction of sp³-hybridized carbons (Fsp3) is 0.200. The van der Waals surface area contributed by atoms with E-state index in [0.29, 0.717) is 18.1 Å². The maximum Gasteiger partial charge on any atom is 0.161 e. The molecule has 3 aromatic carbocycles. The lowest BCUT2D eigenvalue weighted by Gasteiger charge is -2.13. The lowest BCUT2D eigenvalue weighted by Crippen LogP contribution is -3.00. The Balaban J connectivity index is 0.00000272. The van der Waals surface area contributed by atoms with Gasteiger partial charge in [-0.05, 0) is 60.0 Å². The van der Waals surface area contributed by atoms with Crippen LogP contribution in [-0.2, 0) is 19.6 Å². The van der Waals surface area contributed by atoms with Crippen molar-refractivity contribution in [3.05, 3.63) is 95.4 Å². The predicted molar refractivity (Wildman–Crippen MR) is 117 cm³/mol. The van der Waals surface area contributed by atoms with E-state index in [-0.39, 0.29) is 18.2 Å². The molecule has 0 aliphatic rings. The molecule has 0 atom stereocenters. The third-order valence-corrected chi connectivity index (χ3v) is 5.11. The molecule has 31 heavy (non-hydrogen) atoms. The SMILES string of the molecule is COc1cc(CNCCc2c[nH]c3ccccc23)ccc1OCc1ccc(F)cc1.[Cl-]. The molecular formula is C25H25ClFN2O2-. The number of aromatic nitrogens is 1. The summed E-state index contributed by atoms with van der Waals surface area (Å²) < 4.78 is 24.4. The van der Waals surface area contributed by atoms with E-state index in [0.717, 1.165) is 30.6 Å². The van der Waals surface area contributed by atoms with Crippen molar-refractivity contribution in [2.45, 2.75) is 19.6 Å². The van der Waals surface area contributed by atoms with Gasteiger partial charge in [0.25, 0.3) is 0 Å². The Kier molecular flexibility index (Phi) is 7.93. The molecule has 0 fully saturated rings. The van der Waals surface area contributed by atoms with Crippen LogP contribution >= 0.6 is 0 Å². The Labute approximate surface area is 187 Å². The van der Waals surface area contributed by atoms with Crippen molar-refractivity contribution in [1.29, 1.82) is 0 Å². The molecule has 0 amide bonds. The highest BCUT2D eigenvalue weighted by atomic mass is 35.5. The number of para-hydroxylation sites is 1. The zero-order valence-corrected chi connectivity index (χ0v) is 18.1. The standard InChI is InChI=1S/C25H25FN2O2.ClH/c1-29-25-14-19(8-11-24(25)30-17-18-6-9-21(26)10-7-18)15-27-13-12-20-16-28-23-5-3-2-4-22(20)23;/h2-11,14,16,27-28H,12-13,15,17H2,1H3;1H/p-1. The Hall–Kier alpha value is -3.02. The summed E-state index contributed by atoms with van der Waals surface area (Å²) in [7, 11) is 1.63. The Morgan fingerprint density at radius 2 is 1.71 bits per heavy atom. The summed E-state index contributed by atoms with van der Waals surface area (Å²) in [5.41, 5.74) is 4.52. The van der Waals surface area contributed by atoms with Gasteiger partial charge in [-0.2, -0.15) is 0 Å². The molecule has 4 rings (SSSR count). The van der Waals surface area contributed by atoms with Crippen LogP contribution in [0.5, 0.6) is 11.5 Å². The van der Waals surface area contributed by atoms with Crippen LogP contribution in [0, 0.1) is 5.82 Å². The minimum Gasteiger partial charge on any atom is -1.00 e. The second-order valence-corrected chi connectivity index (χ2v) is 7.19. The van der Waals surface area contributed by atoms with E-state index in [1.54, 1.807) is 19.2 Å². The summed E-state index contributed by atoms with van der Waals surface area (Å²) in [5, 5.41) is 4.77. The maximum absolute atomic E-state index is 13.0. The number of nitrogens with one attached hydrogen (secondary N) is 2. The number of fused-ring (bicyclic) bond motifs is 1. The molecule has 0 bridgehead atoms. The van der Waals surface area contributed by atoms with E-state index in [9.17, 15) is 4.39 Å². The molecule has 0 spiro atoms. The third-order valence-electron chi connectivity index (χ3n) is 5.11. The molecule has 0 saturated carbocycles. The summed E-state index contributed by atoms with van der Waals surface area (Å²) in [6, 6.07) is 20.6. The molecule has 0 aliphatic heterocycles. The van der Waals surface area contributed by atoms with Gasteiger partial charge in [-0.3, -0.25) is 0 Å². The van der Waals surface area contributed by atoms with Crippen molar-refractivity contribution in [3.63, 3.8) is 0 Å². The Bertz CT molecular complexity index is 1110. The molecule has 0 unspecified atom stereocenters. The number of methoxy groups -OCH3 is 1. The smallest absolute Gasteiger partial charge is 0.161 e. The first-order valence-electron chi connectivity index (χ1n) is 10.0. The molecule has 162 valence electrons. The molecule has 1 heterocycles. The van der Waals surface area contributed by atoms with E-state index in [1.165, 1.54) is 28.6 Å². The number of H-pyrrole nitrogens is 1. The van der Waals surface area contributed by atoms with Crippen molar-refractivity contribution >= 4 is 10.9 Å². The largest absolute Gasteiger partial charge is 1.00 e. The highest BCUT2D eigenvalue weighted by molar-refractivity contribution is 5.83. The van der Waals surface area contributed by atoms with Crippen LogP contribution in [0.1, 0.15) is 16.7 Å². The second-order valence-electron chi connectivity index (χ2n) is 7.19. The minimum absolute atomic E-state index is 0. The number of benzene rings is 3. The zero-order valence-electron chi connectivity index (χ0n) is 17.3. The van der Waals surface area contributed by atoms with Gasteiger partial charge in [0.1, 0.15) is 12.4 Å². The van der Waals surface area contributed by atoms with Gasteiger partial charge in [-0.15, -0.1) is 0 Å². The van der Waals surface area contributed by atoms with Gasteiger partial charge < -0.3 is 32.2 Å². The lowest BCUT2D eigenvalue weighted by molar-refractivity contribution is -0.00000724. The molecule has 2 N–H and O–H groups in total. The van der Waals surface area contributed by atoms with E-state index < -0.39 is 0 Å².